The van der Waals surface area contributed by atoms with Crippen molar-refractivity contribution in [2.75, 3.05) is 18.4 Å². The highest BCUT2D eigenvalue weighted by atomic mass is 32.2. The fourth-order valence-corrected chi connectivity index (χ4v) is 5.21. The molecule has 1 amide bonds. The summed E-state index contributed by atoms with van der Waals surface area (Å²) in [7, 11) is -3.50. The zero-order valence-electron chi connectivity index (χ0n) is 18.5. The van der Waals surface area contributed by atoms with Gasteiger partial charge in [0, 0.05) is 18.8 Å². The van der Waals surface area contributed by atoms with Crippen LogP contribution in [0.3, 0.4) is 0 Å². The Kier molecular flexibility index (Phi) is 7.73. The molecule has 1 atom stereocenters. The number of rotatable bonds is 7. The normalized spacial score (nSPS) is 16.5. The molecule has 7 heteroatoms. The molecule has 0 radical (unpaired) electrons. The van der Waals surface area contributed by atoms with Gasteiger partial charge in [0.05, 0.1) is 4.90 Å². The van der Waals surface area contributed by atoms with E-state index in [1.165, 1.54) is 0 Å². The van der Waals surface area contributed by atoms with Gasteiger partial charge in [0.1, 0.15) is 5.75 Å². The van der Waals surface area contributed by atoms with Crippen molar-refractivity contribution in [3.05, 3.63) is 54.1 Å². The number of carbonyl (C=O) groups excluding carboxylic acids is 1. The first-order chi connectivity index (χ1) is 14.8. The van der Waals surface area contributed by atoms with Gasteiger partial charge in [-0.15, -0.1) is 0 Å². The van der Waals surface area contributed by atoms with Gasteiger partial charge in [0.25, 0.3) is 5.91 Å². The van der Waals surface area contributed by atoms with Crippen molar-refractivity contribution in [3.63, 3.8) is 0 Å². The third kappa shape index (κ3) is 5.86. The molecule has 2 aromatic rings. The number of hydrogen-bond acceptors (Lipinski definition) is 4. The highest BCUT2D eigenvalue weighted by molar-refractivity contribution is 7.89. The lowest BCUT2D eigenvalue weighted by atomic mass is 10.0. The van der Waals surface area contributed by atoms with E-state index in [-0.39, 0.29) is 16.7 Å². The summed E-state index contributed by atoms with van der Waals surface area (Å²) in [4.78, 5) is 12.9. The van der Waals surface area contributed by atoms with Crippen molar-refractivity contribution < 1.29 is 17.9 Å². The van der Waals surface area contributed by atoms with Crippen LogP contribution in [0.2, 0.25) is 0 Å². The summed E-state index contributed by atoms with van der Waals surface area (Å²) in [5.41, 5.74) is 1.58. The molecule has 0 spiro atoms. The number of hydrogen-bond donors (Lipinski definition) is 1. The number of ether oxygens (including phenoxy) is 1. The average molecular weight is 445 g/mol. The molecule has 0 aromatic heterocycles. The predicted molar refractivity (Wildman–Crippen MR) is 123 cm³/mol. The topological polar surface area (TPSA) is 75.7 Å². The first-order valence-electron chi connectivity index (χ1n) is 11.0. The van der Waals surface area contributed by atoms with Crippen molar-refractivity contribution in [1.29, 1.82) is 0 Å². The average Bonchev–Trinajstić information content (AvgIpc) is 3.04. The third-order valence-electron chi connectivity index (χ3n) is 5.54. The summed E-state index contributed by atoms with van der Waals surface area (Å²) < 4.78 is 33.2. The van der Waals surface area contributed by atoms with Crippen molar-refractivity contribution >= 4 is 21.6 Å². The minimum atomic E-state index is -3.50. The van der Waals surface area contributed by atoms with Gasteiger partial charge >= 0.3 is 0 Å². The van der Waals surface area contributed by atoms with Gasteiger partial charge in [0.2, 0.25) is 10.0 Å². The first kappa shape index (κ1) is 23.3. The molecule has 0 saturated carbocycles. The summed E-state index contributed by atoms with van der Waals surface area (Å²) >= 11 is 0. The molecule has 1 heterocycles. The molecule has 0 aliphatic carbocycles. The number of sulfonamides is 1. The molecule has 3 rings (SSSR count). The molecule has 6 nitrogen and oxygen atoms in total. The molecule has 31 heavy (non-hydrogen) atoms. The van der Waals surface area contributed by atoms with Crippen LogP contribution in [-0.2, 0) is 14.8 Å². The molecule has 1 aliphatic rings. The van der Waals surface area contributed by atoms with Crippen LogP contribution in [0.25, 0.3) is 0 Å². The summed E-state index contributed by atoms with van der Waals surface area (Å²) in [5.74, 6) is 0.686. The number of carbonyl (C=O) groups is 1. The maximum absolute atomic E-state index is 12.9. The number of para-hydroxylation sites is 1. The van der Waals surface area contributed by atoms with Crippen LogP contribution in [0.15, 0.2) is 53.4 Å². The second-order valence-electron chi connectivity index (χ2n) is 8.28. The zero-order valence-corrected chi connectivity index (χ0v) is 19.3. The Hall–Kier alpha value is -2.38. The lowest BCUT2D eigenvalue weighted by Crippen LogP contribution is -2.32. The number of nitrogens with one attached hydrogen (secondary N) is 1. The van der Waals surface area contributed by atoms with E-state index < -0.39 is 16.1 Å². The minimum absolute atomic E-state index is 0.252. The van der Waals surface area contributed by atoms with Crippen LogP contribution < -0.4 is 10.1 Å². The first-order valence-corrected chi connectivity index (χ1v) is 12.4. The van der Waals surface area contributed by atoms with Gasteiger partial charge < -0.3 is 10.1 Å². The van der Waals surface area contributed by atoms with Crippen molar-refractivity contribution in [3.8, 4) is 5.75 Å². The van der Waals surface area contributed by atoms with E-state index in [2.05, 4.69) is 19.2 Å². The second-order valence-corrected chi connectivity index (χ2v) is 10.2. The highest BCUT2D eigenvalue weighted by Gasteiger charge is 2.25. The second kappa shape index (κ2) is 10.3. The summed E-state index contributed by atoms with van der Waals surface area (Å²) in [5, 5.41) is 2.81. The SMILES string of the molecule is CC(Oc1ccccc1C(C)C)C(=O)Nc1ccc(S(=O)(=O)N2CCCCCC2)cc1. The van der Waals surface area contributed by atoms with Gasteiger partial charge in [-0.3, -0.25) is 4.79 Å². The van der Waals surface area contributed by atoms with Gasteiger partial charge in [0.15, 0.2) is 6.10 Å². The lowest BCUT2D eigenvalue weighted by molar-refractivity contribution is -0.122. The van der Waals surface area contributed by atoms with Gasteiger partial charge in [-0.1, -0.05) is 44.9 Å². The Labute approximate surface area is 185 Å². The monoisotopic (exact) mass is 444 g/mol. The number of benzene rings is 2. The van der Waals surface area contributed by atoms with E-state index in [1.54, 1.807) is 35.5 Å². The highest BCUT2D eigenvalue weighted by Crippen LogP contribution is 2.27. The van der Waals surface area contributed by atoms with Gasteiger partial charge in [-0.25, -0.2) is 8.42 Å². The minimum Gasteiger partial charge on any atom is -0.481 e. The molecular formula is C24H32N2O4S. The zero-order chi connectivity index (χ0) is 22.4. The molecule has 1 N–H and O–H groups in total. The maximum Gasteiger partial charge on any atom is 0.265 e. The van der Waals surface area contributed by atoms with Crippen LogP contribution in [0, 0.1) is 0 Å². The fraction of sp³-hybridized carbons (Fsp3) is 0.458. The molecular weight excluding hydrogens is 412 g/mol. The van der Waals surface area contributed by atoms with Crippen LogP contribution in [0.5, 0.6) is 5.75 Å². The largest absolute Gasteiger partial charge is 0.481 e. The molecule has 2 aromatic carbocycles. The summed E-state index contributed by atoms with van der Waals surface area (Å²) in [6.45, 7) is 6.98. The van der Waals surface area contributed by atoms with Crippen molar-refractivity contribution in [1.82, 2.24) is 4.31 Å². The Morgan fingerprint density at radius 2 is 1.55 bits per heavy atom. The Bertz CT molecular complexity index is 979. The molecule has 1 fully saturated rings. The van der Waals surface area contributed by atoms with Crippen molar-refractivity contribution in [2.45, 2.75) is 63.4 Å². The third-order valence-corrected chi connectivity index (χ3v) is 7.45. The van der Waals surface area contributed by atoms with E-state index >= 15 is 0 Å². The van der Waals surface area contributed by atoms with E-state index in [1.807, 2.05) is 24.3 Å². The number of anilines is 1. The summed E-state index contributed by atoms with van der Waals surface area (Å²) in [6, 6.07) is 14.0. The molecule has 1 unspecified atom stereocenters. The lowest BCUT2D eigenvalue weighted by Gasteiger charge is -2.20. The number of nitrogens with zero attached hydrogens (tertiary/aromatic N) is 1. The van der Waals surface area contributed by atoms with Crippen LogP contribution in [0.1, 0.15) is 57.9 Å². The van der Waals surface area contributed by atoms with Crippen LogP contribution in [-0.4, -0.2) is 37.8 Å². The van der Waals surface area contributed by atoms with Gasteiger partial charge in [-0.2, -0.15) is 4.31 Å². The van der Waals surface area contributed by atoms with E-state index in [0.717, 1.165) is 31.2 Å². The Balaban J connectivity index is 1.64. The molecule has 0 bridgehead atoms. The Morgan fingerprint density at radius 1 is 0.935 bits per heavy atom. The molecule has 168 valence electrons. The van der Waals surface area contributed by atoms with E-state index in [4.69, 9.17) is 4.74 Å². The van der Waals surface area contributed by atoms with Crippen molar-refractivity contribution in [2.24, 2.45) is 0 Å². The Morgan fingerprint density at radius 3 is 2.16 bits per heavy atom. The molecule has 1 aliphatic heterocycles. The summed E-state index contributed by atoms with van der Waals surface area (Å²) in [6.07, 6.45) is 3.23. The molecule has 1 saturated heterocycles. The smallest absolute Gasteiger partial charge is 0.265 e. The quantitative estimate of drug-likeness (QED) is 0.667. The maximum atomic E-state index is 12.9. The van der Waals surface area contributed by atoms with E-state index in [0.29, 0.717) is 24.5 Å². The van der Waals surface area contributed by atoms with Crippen LogP contribution >= 0.6 is 0 Å². The number of amides is 1. The van der Waals surface area contributed by atoms with Crippen LogP contribution in [0.4, 0.5) is 5.69 Å². The standard InChI is InChI=1S/C24H32N2O4S/c1-18(2)22-10-6-7-11-23(22)30-19(3)24(27)25-20-12-14-21(15-13-20)31(28,29)26-16-8-4-5-9-17-26/h6-7,10-15,18-19H,4-5,8-9,16-17H2,1-3H3,(H,25,27). The fourth-order valence-electron chi connectivity index (χ4n) is 3.69. The van der Waals surface area contributed by atoms with Gasteiger partial charge in [-0.05, 0) is 61.6 Å². The van der Waals surface area contributed by atoms with E-state index in [9.17, 15) is 13.2 Å². The predicted octanol–water partition coefficient (Wildman–Crippen LogP) is 4.78.